The van der Waals surface area contributed by atoms with Gasteiger partial charge in [-0.2, -0.15) is 0 Å². The van der Waals surface area contributed by atoms with E-state index in [1.54, 1.807) is 6.92 Å². The van der Waals surface area contributed by atoms with E-state index in [0.717, 1.165) is 16.3 Å². The number of hydrogen-bond acceptors (Lipinski definition) is 7. The fourth-order valence-corrected chi connectivity index (χ4v) is 2.44. The fourth-order valence-electron chi connectivity index (χ4n) is 1.13. The number of nitrogen functional groups attached to an aromatic ring is 1. The summed E-state index contributed by atoms with van der Waals surface area (Å²) in [5.74, 6) is -0.247. The number of amides is 1. The fraction of sp³-hybridized carbons (Fsp3) is 0.250. The molecule has 8 heteroatoms. The Bertz CT molecular complexity index is 532. The Morgan fingerprint density at radius 3 is 2.56 bits per heavy atom. The van der Waals surface area contributed by atoms with Crippen molar-refractivity contribution in [3.8, 4) is 0 Å². The van der Waals surface area contributed by atoms with Gasteiger partial charge < -0.3 is 5.73 Å². The zero-order chi connectivity index (χ0) is 11.7. The Balaban J connectivity index is 2.17. The van der Waals surface area contributed by atoms with Gasteiger partial charge in [0.25, 0.3) is 5.91 Å². The van der Waals surface area contributed by atoms with Crippen molar-refractivity contribution in [2.24, 2.45) is 0 Å². The summed E-state index contributed by atoms with van der Waals surface area (Å²) < 4.78 is 0. The zero-order valence-electron chi connectivity index (χ0n) is 8.64. The van der Waals surface area contributed by atoms with Crippen LogP contribution in [0.1, 0.15) is 20.4 Å². The van der Waals surface area contributed by atoms with Crippen LogP contribution in [0.4, 0.5) is 10.3 Å². The predicted molar refractivity (Wildman–Crippen MR) is 63.9 cm³/mol. The van der Waals surface area contributed by atoms with E-state index in [2.05, 4.69) is 20.5 Å². The maximum Gasteiger partial charge on any atom is 0.269 e. The van der Waals surface area contributed by atoms with E-state index < -0.39 is 0 Å². The normalized spacial score (nSPS) is 10.4. The van der Waals surface area contributed by atoms with Gasteiger partial charge >= 0.3 is 0 Å². The maximum atomic E-state index is 11.8. The molecule has 0 aliphatic carbocycles. The number of hydrogen-bond donors (Lipinski definition) is 2. The van der Waals surface area contributed by atoms with Crippen LogP contribution in [-0.2, 0) is 0 Å². The van der Waals surface area contributed by atoms with E-state index in [-0.39, 0.29) is 5.91 Å². The topological polar surface area (TPSA) is 93.8 Å². The summed E-state index contributed by atoms with van der Waals surface area (Å²) in [6, 6.07) is 0. The minimum atomic E-state index is -0.247. The number of nitrogens with one attached hydrogen (secondary N) is 1. The lowest BCUT2D eigenvalue weighted by atomic mass is 10.4. The number of nitrogens with two attached hydrogens (primary N) is 1. The van der Waals surface area contributed by atoms with Gasteiger partial charge in [-0.25, -0.2) is 4.98 Å². The monoisotopic (exact) mass is 255 g/mol. The molecule has 0 fully saturated rings. The number of carbonyl (C=O) groups is 1. The highest BCUT2D eigenvalue weighted by atomic mass is 32.1. The third-order valence-corrected chi connectivity index (χ3v) is 3.51. The van der Waals surface area contributed by atoms with Gasteiger partial charge in [0, 0.05) is 0 Å². The third-order valence-electron chi connectivity index (χ3n) is 1.77. The molecule has 6 nitrogen and oxygen atoms in total. The van der Waals surface area contributed by atoms with Gasteiger partial charge in [0.05, 0.1) is 5.69 Å². The molecule has 0 saturated heterocycles. The first kappa shape index (κ1) is 11.0. The number of thiazole rings is 1. The molecule has 2 aromatic rings. The molecule has 0 radical (unpaired) electrons. The number of nitrogens with zero attached hydrogens (tertiary/aromatic N) is 3. The van der Waals surface area contributed by atoms with Crippen molar-refractivity contribution in [1.29, 1.82) is 0 Å². The predicted octanol–water partition coefficient (Wildman–Crippen LogP) is 1.45. The summed E-state index contributed by atoms with van der Waals surface area (Å²) in [6.45, 7) is 3.57. The lowest BCUT2D eigenvalue weighted by Crippen LogP contribution is -2.11. The van der Waals surface area contributed by atoms with Gasteiger partial charge in [-0.1, -0.05) is 22.7 Å². The van der Waals surface area contributed by atoms with Crippen molar-refractivity contribution in [2.45, 2.75) is 13.8 Å². The Kier molecular flexibility index (Phi) is 2.84. The third kappa shape index (κ3) is 2.17. The summed E-state index contributed by atoms with van der Waals surface area (Å²) >= 11 is 2.48. The Morgan fingerprint density at radius 1 is 1.31 bits per heavy atom. The van der Waals surface area contributed by atoms with Gasteiger partial charge in [0.15, 0.2) is 5.13 Å². The first-order valence-corrected chi connectivity index (χ1v) is 6.04. The van der Waals surface area contributed by atoms with E-state index in [1.807, 2.05) is 6.92 Å². The van der Waals surface area contributed by atoms with E-state index in [9.17, 15) is 4.79 Å². The average Bonchev–Trinajstić information content (AvgIpc) is 2.73. The second kappa shape index (κ2) is 4.14. The molecule has 0 saturated carbocycles. The molecule has 16 heavy (non-hydrogen) atoms. The highest BCUT2D eigenvalue weighted by Crippen LogP contribution is 2.22. The summed E-state index contributed by atoms with van der Waals surface area (Å²) in [6.07, 6.45) is 0. The molecule has 0 aromatic carbocycles. The van der Waals surface area contributed by atoms with Crippen LogP contribution in [-0.4, -0.2) is 21.1 Å². The van der Waals surface area contributed by atoms with Crippen molar-refractivity contribution < 1.29 is 4.79 Å². The maximum absolute atomic E-state index is 11.8. The van der Waals surface area contributed by atoms with Crippen molar-refractivity contribution >= 4 is 38.8 Å². The molecule has 84 valence electrons. The molecular weight excluding hydrogens is 246 g/mol. The smallest absolute Gasteiger partial charge is 0.269 e. The first-order valence-electron chi connectivity index (χ1n) is 4.40. The summed E-state index contributed by atoms with van der Waals surface area (Å²) in [4.78, 5) is 16.3. The van der Waals surface area contributed by atoms with E-state index >= 15 is 0 Å². The lowest BCUT2D eigenvalue weighted by Gasteiger charge is -1.97. The van der Waals surface area contributed by atoms with Gasteiger partial charge in [0.2, 0.25) is 5.13 Å². The summed E-state index contributed by atoms with van der Waals surface area (Å²) in [5.41, 5.74) is 6.14. The van der Waals surface area contributed by atoms with Crippen molar-refractivity contribution in [3.05, 3.63) is 15.6 Å². The largest absolute Gasteiger partial charge is 0.375 e. The van der Waals surface area contributed by atoms with Crippen molar-refractivity contribution in [3.63, 3.8) is 0 Å². The molecule has 0 aliphatic rings. The van der Waals surface area contributed by atoms with Crippen LogP contribution in [0.15, 0.2) is 0 Å². The minimum absolute atomic E-state index is 0.247. The molecule has 1 amide bonds. The Labute approximate surface area is 99.5 Å². The van der Waals surface area contributed by atoms with Crippen molar-refractivity contribution in [2.75, 3.05) is 11.1 Å². The number of rotatable bonds is 2. The highest BCUT2D eigenvalue weighted by molar-refractivity contribution is 7.18. The van der Waals surface area contributed by atoms with Gasteiger partial charge in [-0.05, 0) is 13.8 Å². The zero-order valence-corrected chi connectivity index (χ0v) is 10.3. The standard InChI is InChI=1S/C8H9N5OS2/c1-3-5(16-7(9)10-3)6(14)11-8-13-12-4(2)15-8/h1-2H3,(H2,9,10)(H,11,13,14). The Morgan fingerprint density at radius 2 is 2.06 bits per heavy atom. The lowest BCUT2D eigenvalue weighted by molar-refractivity contribution is 0.102. The molecule has 0 unspecified atom stereocenters. The van der Waals surface area contributed by atoms with Crippen LogP contribution in [0.2, 0.25) is 0 Å². The molecule has 3 N–H and O–H groups in total. The van der Waals surface area contributed by atoms with Crippen molar-refractivity contribution in [1.82, 2.24) is 15.2 Å². The Hall–Kier alpha value is -1.54. The summed E-state index contributed by atoms with van der Waals surface area (Å²) in [5, 5.41) is 11.9. The second-order valence-electron chi connectivity index (χ2n) is 3.05. The van der Waals surface area contributed by atoms with Crippen LogP contribution < -0.4 is 11.1 Å². The molecule has 2 heterocycles. The van der Waals surface area contributed by atoms with Crippen LogP contribution in [0.5, 0.6) is 0 Å². The molecule has 0 aliphatic heterocycles. The molecule has 2 rings (SSSR count). The molecule has 0 spiro atoms. The number of aromatic nitrogens is 3. The quantitative estimate of drug-likeness (QED) is 0.847. The molecule has 2 aromatic heterocycles. The minimum Gasteiger partial charge on any atom is -0.375 e. The van der Waals surface area contributed by atoms with Crippen LogP contribution in [0.25, 0.3) is 0 Å². The molecule has 0 atom stereocenters. The SMILES string of the molecule is Cc1nnc(NC(=O)c2sc(N)nc2C)s1. The summed E-state index contributed by atoms with van der Waals surface area (Å²) in [7, 11) is 0. The van der Waals surface area contributed by atoms with Crippen LogP contribution in [0, 0.1) is 13.8 Å². The van der Waals surface area contributed by atoms with Gasteiger partial charge in [-0.15, -0.1) is 10.2 Å². The second-order valence-corrected chi connectivity index (χ2v) is 5.26. The number of carbonyl (C=O) groups excluding carboxylic acids is 1. The van der Waals surface area contributed by atoms with Gasteiger partial charge in [0.1, 0.15) is 9.88 Å². The van der Waals surface area contributed by atoms with Crippen LogP contribution >= 0.6 is 22.7 Å². The molecular formula is C8H9N5OS2. The number of anilines is 2. The highest BCUT2D eigenvalue weighted by Gasteiger charge is 2.15. The van der Waals surface area contributed by atoms with E-state index in [1.165, 1.54) is 11.3 Å². The van der Waals surface area contributed by atoms with E-state index in [4.69, 9.17) is 5.73 Å². The average molecular weight is 255 g/mol. The number of aryl methyl sites for hydroxylation is 2. The van der Waals surface area contributed by atoms with Gasteiger partial charge in [-0.3, -0.25) is 10.1 Å². The van der Waals surface area contributed by atoms with Crippen LogP contribution in [0.3, 0.4) is 0 Å². The first-order chi connectivity index (χ1) is 7.56. The molecule has 0 bridgehead atoms. The van der Waals surface area contributed by atoms with E-state index in [0.29, 0.717) is 20.8 Å².